The maximum Gasteiger partial charge on any atom is 0.0774 e. The zero-order chi connectivity index (χ0) is 13.3. The highest BCUT2D eigenvalue weighted by molar-refractivity contribution is 4.86. The van der Waals surface area contributed by atoms with Gasteiger partial charge in [0.25, 0.3) is 0 Å². The van der Waals surface area contributed by atoms with Crippen LogP contribution in [0, 0.1) is 0 Å². The van der Waals surface area contributed by atoms with Crippen LogP contribution in [-0.4, -0.2) is 35.7 Å². The second-order valence-corrected chi connectivity index (χ2v) is 6.29. The lowest BCUT2D eigenvalue weighted by molar-refractivity contribution is 0.0161. The van der Waals surface area contributed by atoms with Crippen LogP contribution in [0.5, 0.6) is 0 Å². The van der Waals surface area contributed by atoms with Gasteiger partial charge < -0.3 is 10.0 Å². The molecule has 1 fully saturated rings. The Morgan fingerprint density at radius 1 is 0.944 bits per heavy atom. The van der Waals surface area contributed by atoms with Crippen molar-refractivity contribution in [2.75, 3.05) is 20.1 Å². The van der Waals surface area contributed by atoms with Crippen LogP contribution in [-0.2, 0) is 0 Å². The number of hydrogen-bond acceptors (Lipinski definition) is 2. The second-order valence-electron chi connectivity index (χ2n) is 6.29. The minimum Gasteiger partial charge on any atom is -0.389 e. The van der Waals surface area contributed by atoms with Crippen LogP contribution in [0.4, 0.5) is 0 Å². The van der Waals surface area contributed by atoms with Gasteiger partial charge in [-0.3, -0.25) is 0 Å². The average molecular weight is 255 g/mol. The van der Waals surface area contributed by atoms with Gasteiger partial charge in [-0.15, -0.1) is 0 Å². The smallest absolute Gasteiger partial charge is 0.0774 e. The van der Waals surface area contributed by atoms with E-state index in [4.69, 9.17) is 0 Å². The SMILES string of the molecule is CCCCCCCCCN(C)CC1(O)CCCC1. The van der Waals surface area contributed by atoms with Gasteiger partial charge in [0, 0.05) is 6.54 Å². The molecule has 1 N–H and O–H groups in total. The molecule has 1 aliphatic carbocycles. The quantitative estimate of drug-likeness (QED) is 0.597. The number of aliphatic hydroxyl groups is 1. The normalized spacial score (nSPS) is 18.7. The fourth-order valence-electron chi connectivity index (χ4n) is 3.11. The lowest BCUT2D eigenvalue weighted by atomic mass is 10.0. The predicted octanol–water partition coefficient (Wildman–Crippen LogP) is 3.97. The molecule has 0 aromatic heterocycles. The minimum absolute atomic E-state index is 0.365. The molecule has 0 aromatic rings. The van der Waals surface area contributed by atoms with Crippen molar-refractivity contribution >= 4 is 0 Å². The highest BCUT2D eigenvalue weighted by atomic mass is 16.3. The maximum absolute atomic E-state index is 10.3. The first-order chi connectivity index (χ1) is 8.66. The molecule has 1 aliphatic rings. The summed E-state index contributed by atoms with van der Waals surface area (Å²) in [4.78, 5) is 2.33. The van der Waals surface area contributed by atoms with Gasteiger partial charge in [0.2, 0.25) is 0 Å². The molecule has 0 heterocycles. The van der Waals surface area contributed by atoms with Crippen molar-refractivity contribution in [3.63, 3.8) is 0 Å². The summed E-state index contributed by atoms with van der Waals surface area (Å²) in [5.41, 5.74) is -0.365. The molecule has 108 valence electrons. The fraction of sp³-hybridized carbons (Fsp3) is 1.00. The highest BCUT2D eigenvalue weighted by Crippen LogP contribution is 2.29. The summed E-state index contributed by atoms with van der Waals surface area (Å²) in [6, 6.07) is 0. The number of rotatable bonds is 10. The summed E-state index contributed by atoms with van der Waals surface area (Å²) in [6.45, 7) is 4.29. The van der Waals surface area contributed by atoms with E-state index in [9.17, 15) is 5.11 Å². The van der Waals surface area contributed by atoms with Gasteiger partial charge in [-0.1, -0.05) is 58.3 Å². The monoisotopic (exact) mass is 255 g/mol. The topological polar surface area (TPSA) is 23.5 Å². The summed E-state index contributed by atoms with van der Waals surface area (Å²) in [6.07, 6.45) is 14.0. The molecule has 0 spiro atoms. The number of nitrogens with zero attached hydrogens (tertiary/aromatic N) is 1. The van der Waals surface area contributed by atoms with Crippen molar-refractivity contribution in [3.8, 4) is 0 Å². The molecule has 2 nitrogen and oxygen atoms in total. The third kappa shape index (κ3) is 6.75. The van der Waals surface area contributed by atoms with E-state index in [2.05, 4.69) is 18.9 Å². The Hall–Kier alpha value is -0.0800. The van der Waals surface area contributed by atoms with Crippen LogP contribution in [0.1, 0.15) is 77.6 Å². The molecular formula is C16H33NO. The van der Waals surface area contributed by atoms with E-state index in [-0.39, 0.29) is 5.60 Å². The van der Waals surface area contributed by atoms with Crippen molar-refractivity contribution in [3.05, 3.63) is 0 Å². The molecule has 0 bridgehead atoms. The molecule has 1 rings (SSSR count). The van der Waals surface area contributed by atoms with Crippen LogP contribution in [0.2, 0.25) is 0 Å². The van der Waals surface area contributed by atoms with Crippen LogP contribution in [0.25, 0.3) is 0 Å². The first kappa shape index (κ1) is 16.0. The van der Waals surface area contributed by atoms with Crippen molar-refractivity contribution in [2.24, 2.45) is 0 Å². The number of unbranched alkanes of at least 4 members (excludes halogenated alkanes) is 6. The average Bonchev–Trinajstić information content (AvgIpc) is 2.74. The zero-order valence-corrected chi connectivity index (χ0v) is 12.6. The summed E-state index contributed by atoms with van der Waals surface area (Å²) >= 11 is 0. The van der Waals surface area contributed by atoms with E-state index in [1.807, 2.05) is 0 Å². The Balaban J connectivity index is 1.95. The Kier molecular flexibility index (Phi) is 7.92. The van der Waals surface area contributed by atoms with Crippen LogP contribution in [0.3, 0.4) is 0 Å². The van der Waals surface area contributed by atoms with Crippen LogP contribution >= 0.6 is 0 Å². The molecule has 0 aliphatic heterocycles. The first-order valence-electron chi connectivity index (χ1n) is 8.07. The van der Waals surface area contributed by atoms with Gasteiger partial charge in [-0.25, -0.2) is 0 Å². The van der Waals surface area contributed by atoms with E-state index in [1.54, 1.807) is 0 Å². The summed E-state index contributed by atoms with van der Waals surface area (Å²) in [5, 5.41) is 10.3. The van der Waals surface area contributed by atoms with E-state index < -0.39 is 0 Å². The molecule has 0 atom stereocenters. The standard InChI is InChI=1S/C16H33NO/c1-3-4-5-6-7-8-11-14-17(2)15-16(18)12-9-10-13-16/h18H,3-15H2,1-2H3. The summed E-state index contributed by atoms with van der Waals surface area (Å²) in [7, 11) is 2.16. The van der Waals surface area contributed by atoms with Crippen molar-refractivity contribution in [1.29, 1.82) is 0 Å². The van der Waals surface area contributed by atoms with E-state index in [1.165, 1.54) is 57.8 Å². The van der Waals surface area contributed by atoms with Crippen LogP contribution < -0.4 is 0 Å². The van der Waals surface area contributed by atoms with E-state index in [0.29, 0.717) is 0 Å². The Morgan fingerprint density at radius 2 is 1.50 bits per heavy atom. The highest BCUT2D eigenvalue weighted by Gasteiger charge is 2.31. The fourth-order valence-corrected chi connectivity index (χ4v) is 3.11. The molecule has 0 unspecified atom stereocenters. The largest absolute Gasteiger partial charge is 0.389 e. The maximum atomic E-state index is 10.3. The van der Waals surface area contributed by atoms with Gasteiger partial charge in [0.05, 0.1) is 5.60 Å². The molecule has 0 aromatic carbocycles. The van der Waals surface area contributed by atoms with E-state index >= 15 is 0 Å². The molecule has 18 heavy (non-hydrogen) atoms. The van der Waals surface area contributed by atoms with Gasteiger partial charge in [0.1, 0.15) is 0 Å². The number of likely N-dealkylation sites (N-methyl/N-ethyl adjacent to an activating group) is 1. The first-order valence-corrected chi connectivity index (χ1v) is 8.07. The summed E-state index contributed by atoms with van der Waals surface area (Å²) < 4.78 is 0. The molecular weight excluding hydrogens is 222 g/mol. The molecule has 1 saturated carbocycles. The zero-order valence-electron chi connectivity index (χ0n) is 12.6. The predicted molar refractivity (Wildman–Crippen MR) is 78.9 cm³/mol. The van der Waals surface area contributed by atoms with Crippen molar-refractivity contribution in [2.45, 2.75) is 83.2 Å². The van der Waals surface area contributed by atoms with Gasteiger partial charge in [0.15, 0.2) is 0 Å². The third-order valence-corrected chi connectivity index (χ3v) is 4.24. The lowest BCUT2D eigenvalue weighted by Crippen LogP contribution is -2.39. The van der Waals surface area contributed by atoms with Crippen LogP contribution in [0.15, 0.2) is 0 Å². The number of hydrogen-bond donors (Lipinski definition) is 1. The van der Waals surface area contributed by atoms with Crippen molar-refractivity contribution < 1.29 is 5.11 Å². The molecule has 2 heteroatoms. The Bertz CT molecular complexity index is 199. The molecule has 0 amide bonds. The summed E-state index contributed by atoms with van der Waals surface area (Å²) in [5.74, 6) is 0. The van der Waals surface area contributed by atoms with E-state index in [0.717, 1.165) is 25.9 Å². The Labute approximate surface area is 114 Å². The molecule has 0 saturated heterocycles. The third-order valence-electron chi connectivity index (χ3n) is 4.24. The van der Waals surface area contributed by atoms with Crippen molar-refractivity contribution in [1.82, 2.24) is 4.90 Å². The van der Waals surface area contributed by atoms with Gasteiger partial charge >= 0.3 is 0 Å². The molecule has 0 radical (unpaired) electrons. The van der Waals surface area contributed by atoms with Gasteiger partial charge in [-0.2, -0.15) is 0 Å². The second kappa shape index (κ2) is 8.92. The lowest BCUT2D eigenvalue weighted by Gasteiger charge is -2.28. The Morgan fingerprint density at radius 3 is 2.11 bits per heavy atom. The minimum atomic E-state index is -0.365. The van der Waals surface area contributed by atoms with Gasteiger partial charge in [-0.05, 0) is 32.9 Å².